The second-order valence-electron chi connectivity index (χ2n) is 8.36. The Hall–Kier alpha value is -2.60. The number of piperazine rings is 1. The van der Waals surface area contributed by atoms with Crippen LogP contribution in [0.2, 0.25) is 5.02 Å². The highest BCUT2D eigenvalue weighted by Gasteiger charge is 2.17. The minimum atomic E-state index is -2.45. The summed E-state index contributed by atoms with van der Waals surface area (Å²) in [6, 6.07) is 13.5. The third-order valence-corrected chi connectivity index (χ3v) is 7.33. The Bertz CT molecular complexity index is 1140. The van der Waals surface area contributed by atoms with Gasteiger partial charge in [-0.25, -0.2) is 9.97 Å². The summed E-state index contributed by atoms with van der Waals surface area (Å²) < 4.78 is 12.7. The van der Waals surface area contributed by atoms with Crippen LogP contribution in [0, 0.1) is 0 Å². The molecule has 4 rings (SSSR count). The zero-order valence-corrected chi connectivity index (χ0v) is 20.2. The molecule has 0 unspecified atom stereocenters. The highest BCUT2D eigenvalue weighted by Crippen LogP contribution is 2.39. The van der Waals surface area contributed by atoms with Crippen LogP contribution in [0.1, 0.15) is 0 Å². The summed E-state index contributed by atoms with van der Waals surface area (Å²) in [4.78, 5) is 13.5. The molecular weight excluding hydrogens is 443 g/mol. The SMILES string of the molecule is CN1CCN(c2ccnc(Nc3cc(Nc4ccccc4P(C)(C)=O)c(Cl)cn3)c2)CC1. The highest BCUT2D eigenvalue weighted by molar-refractivity contribution is 7.70. The van der Waals surface area contributed by atoms with Gasteiger partial charge in [-0.1, -0.05) is 23.7 Å². The largest absolute Gasteiger partial charge is 0.369 e. The van der Waals surface area contributed by atoms with Gasteiger partial charge in [0.25, 0.3) is 0 Å². The van der Waals surface area contributed by atoms with Crippen molar-refractivity contribution in [3.8, 4) is 0 Å². The zero-order chi connectivity index (χ0) is 22.7. The van der Waals surface area contributed by atoms with E-state index in [0.717, 1.165) is 42.9 Å². The second-order valence-corrected chi connectivity index (χ2v) is 11.9. The Balaban J connectivity index is 1.54. The molecule has 0 radical (unpaired) electrons. The maximum atomic E-state index is 12.7. The Labute approximate surface area is 194 Å². The molecule has 0 amide bonds. The van der Waals surface area contributed by atoms with Crippen molar-refractivity contribution in [2.24, 2.45) is 0 Å². The first-order valence-corrected chi connectivity index (χ1v) is 13.5. The molecule has 2 aromatic heterocycles. The van der Waals surface area contributed by atoms with Crippen LogP contribution < -0.4 is 20.8 Å². The lowest BCUT2D eigenvalue weighted by molar-refractivity contribution is 0.313. The molecule has 1 saturated heterocycles. The number of para-hydroxylation sites is 1. The molecule has 1 aliphatic heterocycles. The van der Waals surface area contributed by atoms with E-state index >= 15 is 0 Å². The van der Waals surface area contributed by atoms with Crippen LogP contribution in [-0.4, -0.2) is 61.4 Å². The van der Waals surface area contributed by atoms with Crippen LogP contribution in [0.5, 0.6) is 0 Å². The fourth-order valence-electron chi connectivity index (χ4n) is 3.68. The Morgan fingerprint density at radius 1 is 0.938 bits per heavy atom. The number of halogens is 1. The summed E-state index contributed by atoms with van der Waals surface area (Å²) in [6.07, 6.45) is 3.40. The van der Waals surface area contributed by atoms with Gasteiger partial charge in [0, 0.05) is 61.2 Å². The number of anilines is 5. The molecule has 0 saturated carbocycles. The van der Waals surface area contributed by atoms with Gasteiger partial charge in [0.1, 0.15) is 18.8 Å². The van der Waals surface area contributed by atoms with Gasteiger partial charge in [-0.3, -0.25) is 0 Å². The average Bonchev–Trinajstić information content (AvgIpc) is 2.76. The summed E-state index contributed by atoms with van der Waals surface area (Å²) in [5.41, 5.74) is 2.59. The molecule has 0 atom stereocenters. The predicted octanol–water partition coefficient (Wildman–Crippen LogP) is 4.62. The fourth-order valence-corrected chi connectivity index (χ4v) is 4.98. The maximum Gasteiger partial charge on any atom is 0.133 e. The number of aromatic nitrogens is 2. The van der Waals surface area contributed by atoms with Gasteiger partial charge in [0.2, 0.25) is 0 Å². The first-order valence-electron chi connectivity index (χ1n) is 10.5. The average molecular weight is 471 g/mol. The van der Waals surface area contributed by atoms with Crippen LogP contribution in [0.4, 0.5) is 28.7 Å². The van der Waals surface area contributed by atoms with Crippen molar-refractivity contribution < 1.29 is 4.57 Å². The van der Waals surface area contributed by atoms with Gasteiger partial charge >= 0.3 is 0 Å². The first kappa shape index (κ1) is 22.6. The smallest absolute Gasteiger partial charge is 0.133 e. The van der Waals surface area contributed by atoms with E-state index in [1.807, 2.05) is 42.5 Å². The summed E-state index contributed by atoms with van der Waals surface area (Å²) in [7, 11) is -0.306. The van der Waals surface area contributed by atoms with E-state index in [-0.39, 0.29) is 0 Å². The van der Waals surface area contributed by atoms with Gasteiger partial charge in [-0.2, -0.15) is 0 Å². The summed E-state index contributed by atoms with van der Waals surface area (Å²) in [5.74, 6) is 1.34. The molecule has 7 nitrogen and oxygen atoms in total. The predicted molar refractivity (Wildman–Crippen MR) is 135 cm³/mol. The molecule has 9 heteroatoms. The van der Waals surface area contributed by atoms with E-state index < -0.39 is 7.14 Å². The number of hydrogen-bond donors (Lipinski definition) is 2. The maximum absolute atomic E-state index is 12.7. The zero-order valence-electron chi connectivity index (χ0n) is 18.5. The Kier molecular flexibility index (Phi) is 6.70. The molecule has 0 aliphatic carbocycles. The van der Waals surface area contributed by atoms with Crippen LogP contribution >= 0.6 is 18.7 Å². The Morgan fingerprint density at radius 2 is 1.66 bits per heavy atom. The lowest BCUT2D eigenvalue weighted by Gasteiger charge is -2.34. The molecule has 1 aromatic carbocycles. The number of pyridine rings is 2. The van der Waals surface area contributed by atoms with Crippen molar-refractivity contribution in [3.63, 3.8) is 0 Å². The highest BCUT2D eigenvalue weighted by atomic mass is 35.5. The van der Waals surface area contributed by atoms with Crippen molar-refractivity contribution in [1.82, 2.24) is 14.9 Å². The van der Waals surface area contributed by atoms with E-state index in [2.05, 4.69) is 37.4 Å². The van der Waals surface area contributed by atoms with E-state index in [1.165, 1.54) is 0 Å². The van der Waals surface area contributed by atoms with Crippen molar-refractivity contribution in [2.75, 3.05) is 62.1 Å². The van der Waals surface area contributed by atoms with Crippen LogP contribution in [0.15, 0.2) is 54.9 Å². The number of nitrogens with zero attached hydrogens (tertiary/aromatic N) is 4. The normalized spacial score (nSPS) is 14.9. The van der Waals surface area contributed by atoms with Gasteiger partial charge in [0.15, 0.2) is 0 Å². The van der Waals surface area contributed by atoms with Gasteiger partial charge in [-0.05, 0) is 38.6 Å². The Morgan fingerprint density at radius 3 is 2.41 bits per heavy atom. The van der Waals surface area contributed by atoms with Gasteiger partial charge in [-0.15, -0.1) is 0 Å². The van der Waals surface area contributed by atoms with Crippen molar-refractivity contribution in [2.45, 2.75) is 0 Å². The fraction of sp³-hybridized carbons (Fsp3) is 0.304. The van der Waals surface area contributed by atoms with E-state index in [9.17, 15) is 4.57 Å². The molecule has 2 N–H and O–H groups in total. The number of likely N-dealkylation sites (N-methyl/N-ethyl adjacent to an activating group) is 1. The summed E-state index contributed by atoms with van der Waals surface area (Å²) in [5, 5.41) is 7.86. The minimum Gasteiger partial charge on any atom is -0.369 e. The molecule has 3 aromatic rings. The van der Waals surface area contributed by atoms with Crippen molar-refractivity contribution in [1.29, 1.82) is 0 Å². The minimum absolute atomic E-state index is 0.478. The third-order valence-electron chi connectivity index (χ3n) is 5.48. The number of hydrogen-bond acceptors (Lipinski definition) is 7. The number of nitrogens with one attached hydrogen (secondary N) is 2. The van der Waals surface area contributed by atoms with Crippen LogP contribution in [0.25, 0.3) is 0 Å². The van der Waals surface area contributed by atoms with Gasteiger partial charge in [0.05, 0.1) is 16.9 Å². The quantitative estimate of drug-likeness (QED) is 0.509. The summed E-state index contributed by atoms with van der Waals surface area (Å²) >= 11 is 6.41. The standard InChI is InChI=1S/C23H28ClN6OP/c1-29-10-12-30(13-11-29)17-8-9-25-22(14-17)28-23-15-20(18(24)16-26-23)27-19-6-4-5-7-21(19)32(2,3)31/h4-9,14-16H,10-13H2,1-3H3,(H2,25,26,27,28). The molecular formula is C23H28ClN6OP. The molecule has 1 aliphatic rings. The van der Waals surface area contributed by atoms with E-state index in [4.69, 9.17) is 11.6 Å². The number of benzene rings is 1. The first-order chi connectivity index (χ1) is 15.3. The lowest BCUT2D eigenvalue weighted by atomic mass is 10.2. The molecule has 32 heavy (non-hydrogen) atoms. The lowest BCUT2D eigenvalue weighted by Crippen LogP contribution is -2.44. The topological polar surface area (TPSA) is 73.4 Å². The molecule has 168 valence electrons. The van der Waals surface area contributed by atoms with Crippen molar-refractivity contribution >= 4 is 52.7 Å². The molecule has 0 spiro atoms. The van der Waals surface area contributed by atoms with Crippen molar-refractivity contribution in [3.05, 3.63) is 59.9 Å². The van der Waals surface area contributed by atoms with E-state index in [1.54, 1.807) is 25.7 Å². The third kappa shape index (κ3) is 5.41. The molecule has 3 heterocycles. The monoisotopic (exact) mass is 470 g/mol. The molecule has 1 fully saturated rings. The van der Waals surface area contributed by atoms with Crippen LogP contribution in [0.3, 0.4) is 0 Å². The second kappa shape index (κ2) is 9.49. The summed E-state index contributed by atoms with van der Waals surface area (Å²) in [6.45, 7) is 7.59. The van der Waals surface area contributed by atoms with Gasteiger partial charge < -0.3 is 25.0 Å². The van der Waals surface area contributed by atoms with Crippen LogP contribution in [-0.2, 0) is 4.57 Å². The number of rotatable bonds is 6. The molecule has 0 bridgehead atoms. The van der Waals surface area contributed by atoms with E-state index in [0.29, 0.717) is 22.3 Å².